The SMILES string of the molecule is COc1ccc(CN2CCC(OC)CC2)cc1C#N. The summed E-state index contributed by atoms with van der Waals surface area (Å²) in [6, 6.07) is 8.00. The number of hydrogen-bond donors (Lipinski definition) is 0. The lowest BCUT2D eigenvalue weighted by atomic mass is 10.1. The van der Waals surface area contributed by atoms with Crippen LogP contribution in [-0.4, -0.2) is 38.3 Å². The van der Waals surface area contributed by atoms with Gasteiger partial charge < -0.3 is 9.47 Å². The van der Waals surface area contributed by atoms with E-state index in [1.54, 1.807) is 14.2 Å². The van der Waals surface area contributed by atoms with Gasteiger partial charge in [-0.1, -0.05) is 6.07 Å². The van der Waals surface area contributed by atoms with Crippen LogP contribution in [0.5, 0.6) is 5.75 Å². The minimum Gasteiger partial charge on any atom is -0.495 e. The van der Waals surface area contributed by atoms with E-state index in [1.807, 2.05) is 18.2 Å². The van der Waals surface area contributed by atoms with Crippen molar-refractivity contribution in [1.82, 2.24) is 4.90 Å². The van der Waals surface area contributed by atoms with Crippen LogP contribution < -0.4 is 4.74 Å². The number of piperidine rings is 1. The molecule has 0 N–H and O–H groups in total. The third-order valence-corrected chi connectivity index (χ3v) is 3.66. The minimum atomic E-state index is 0.404. The standard InChI is InChI=1S/C15H20N2O2/c1-18-14-5-7-17(8-6-14)11-12-3-4-15(19-2)13(9-12)10-16/h3-4,9,14H,5-8,11H2,1-2H3. The van der Waals surface area contributed by atoms with Gasteiger partial charge >= 0.3 is 0 Å². The molecule has 102 valence electrons. The summed E-state index contributed by atoms with van der Waals surface area (Å²) >= 11 is 0. The molecule has 0 bridgehead atoms. The van der Waals surface area contributed by atoms with Crippen LogP contribution in [0.25, 0.3) is 0 Å². The lowest BCUT2D eigenvalue weighted by Gasteiger charge is -2.31. The first-order chi connectivity index (χ1) is 9.26. The summed E-state index contributed by atoms with van der Waals surface area (Å²) < 4.78 is 10.5. The minimum absolute atomic E-state index is 0.404. The Kier molecular flexibility index (Phi) is 4.78. The number of rotatable bonds is 4. The van der Waals surface area contributed by atoms with Crippen molar-refractivity contribution in [2.45, 2.75) is 25.5 Å². The van der Waals surface area contributed by atoms with E-state index < -0.39 is 0 Å². The van der Waals surface area contributed by atoms with Crippen molar-refractivity contribution in [3.63, 3.8) is 0 Å². The van der Waals surface area contributed by atoms with Crippen molar-refractivity contribution in [2.75, 3.05) is 27.3 Å². The first kappa shape index (κ1) is 13.9. The largest absolute Gasteiger partial charge is 0.495 e. The van der Waals surface area contributed by atoms with Crippen LogP contribution in [0.2, 0.25) is 0 Å². The molecule has 1 aromatic carbocycles. The van der Waals surface area contributed by atoms with Crippen LogP contribution in [0.4, 0.5) is 0 Å². The molecule has 2 rings (SSSR count). The van der Waals surface area contributed by atoms with Gasteiger partial charge in [0.05, 0.1) is 18.8 Å². The van der Waals surface area contributed by atoms with Gasteiger partial charge in [0, 0.05) is 26.7 Å². The summed E-state index contributed by atoms with van der Waals surface area (Å²) in [4.78, 5) is 2.40. The molecule has 1 aliphatic rings. The zero-order valence-corrected chi connectivity index (χ0v) is 11.6. The number of hydrogen-bond acceptors (Lipinski definition) is 4. The fourth-order valence-electron chi connectivity index (χ4n) is 2.50. The Bertz CT molecular complexity index is 460. The maximum Gasteiger partial charge on any atom is 0.136 e. The second-order valence-electron chi connectivity index (χ2n) is 4.86. The number of methoxy groups -OCH3 is 2. The van der Waals surface area contributed by atoms with Gasteiger partial charge in [0.2, 0.25) is 0 Å². The van der Waals surface area contributed by atoms with Gasteiger partial charge in [-0.2, -0.15) is 5.26 Å². The van der Waals surface area contributed by atoms with Gasteiger partial charge in [-0.25, -0.2) is 0 Å². The van der Waals surface area contributed by atoms with E-state index in [-0.39, 0.29) is 0 Å². The van der Waals surface area contributed by atoms with E-state index >= 15 is 0 Å². The summed E-state index contributed by atoms with van der Waals surface area (Å²) in [6.45, 7) is 2.98. The number of likely N-dealkylation sites (tertiary alicyclic amines) is 1. The van der Waals surface area contributed by atoms with Gasteiger partial charge in [0.1, 0.15) is 11.8 Å². The summed E-state index contributed by atoms with van der Waals surface area (Å²) in [7, 11) is 3.37. The van der Waals surface area contributed by atoms with Crippen LogP contribution in [0, 0.1) is 11.3 Å². The zero-order valence-electron chi connectivity index (χ0n) is 11.6. The van der Waals surface area contributed by atoms with Crippen LogP contribution in [-0.2, 0) is 11.3 Å². The van der Waals surface area contributed by atoms with Crippen molar-refractivity contribution in [3.8, 4) is 11.8 Å². The second-order valence-corrected chi connectivity index (χ2v) is 4.86. The molecule has 4 nitrogen and oxygen atoms in total. The summed E-state index contributed by atoms with van der Waals surface area (Å²) in [5.41, 5.74) is 1.76. The van der Waals surface area contributed by atoms with Crippen LogP contribution in [0.15, 0.2) is 18.2 Å². The fraction of sp³-hybridized carbons (Fsp3) is 0.533. The Morgan fingerprint density at radius 2 is 2.05 bits per heavy atom. The first-order valence-corrected chi connectivity index (χ1v) is 6.59. The van der Waals surface area contributed by atoms with Gasteiger partial charge in [0.25, 0.3) is 0 Å². The van der Waals surface area contributed by atoms with E-state index in [0.29, 0.717) is 17.4 Å². The third kappa shape index (κ3) is 3.46. The van der Waals surface area contributed by atoms with E-state index in [4.69, 9.17) is 14.7 Å². The van der Waals surface area contributed by atoms with Gasteiger partial charge in [-0.05, 0) is 30.5 Å². The molecule has 0 saturated carbocycles. The summed E-state index contributed by atoms with van der Waals surface area (Å²) in [6.07, 6.45) is 2.57. The van der Waals surface area contributed by atoms with E-state index in [2.05, 4.69) is 11.0 Å². The van der Waals surface area contributed by atoms with E-state index in [1.165, 1.54) is 0 Å². The molecule has 0 spiro atoms. The first-order valence-electron chi connectivity index (χ1n) is 6.59. The molecule has 0 atom stereocenters. The number of nitriles is 1. The highest BCUT2D eigenvalue weighted by atomic mass is 16.5. The monoisotopic (exact) mass is 260 g/mol. The highest BCUT2D eigenvalue weighted by Gasteiger charge is 2.18. The fourth-order valence-corrected chi connectivity index (χ4v) is 2.50. The Morgan fingerprint density at radius 3 is 2.63 bits per heavy atom. The molecule has 1 aliphatic heterocycles. The Balaban J connectivity index is 1.98. The Morgan fingerprint density at radius 1 is 1.32 bits per heavy atom. The molecular formula is C15H20N2O2. The highest BCUT2D eigenvalue weighted by Crippen LogP contribution is 2.21. The lowest BCUT2D eigenvalue weighted by molar-refractivity contribution is 0.0388. The van der Waals surface area contributed by atoms with Crippen molar-refractivity contribution in [3.05, 3.63) is 29.3 Å². The van der Waals surface area contributed by atoms with Gasteiger partial charge in [-0.15, -0.1) is 0 Å². The average Bonchev–Trinajstić information content (AvgIpc) is 2.48. The molecular weight excluding hydrogens is 240 g/mol. The molecule has 0 amide bonds. The molecule has 0 radical (unpaired) electrons. The normalized spacial score (nSPS) is 17.1. The molecule has 0 aromatic heterocycles. The topological polar surface area (TPSA) is 45.5 Å². The molecule has 1 aromatic rings. The number of nitrogens with zero attached hydrogens (tertiary/aromatic N) is 2. The summed E-state index contributed by atoms with van der Waals surface area (Å²) in [5.74, 6) is 0.643. The maximum absolute atomic E-state index is 9.09. The van der Waals surface area contributed by atoms with E-state index in [9.17, 15) is 0 Å². The molecule has 19 heavy (non-hydrogen) atoms. The number of ether oxygens (including phenoxy) is 2. The van der Waals surface area contributed by atoms with Gasteiger partial charge in [0.15, 0.2) is 0 Å². The van der Waals surface area contributed by atoms with Crippen molar-refractivity contribution < 1.29 is 9.47 Å². The molecule has 4 heteroatoms. The van der Waals surface area contributed by atoms with E-state index in [0.717, 1.165) is 38.0 Å². The van der Waals surface area contributed by atoms with Crippen molar-refractivity contribution >= 4 is 0 Å². The van der Waals surface area contributed by atoms with Crippen molar-refractivity contribution in [2.24, 2.45) is 0 Å². The quantitative estimate of drug-likeness (QED) is 0.832. The molecule has 0 aliphatic carbocycles. The predicted molar refractivity (Wildman–Crippen MR) is 73.0 cm³/mol. The van der Waals surface area contributed by atoms with Crippen LogP contribution >= 0.6 is 0 Å². The average molecular weight is 260 g/mol. The maximum atomic E-state index is 9.09. The Hall–Kier alpha value is -1.57. The number of benzene rings is 1. The second kappa shape index (κ2) is 6.55. The van der Waals surface area contributed by atoms with Gasteiger partial charge in [-0.3, -0.25) is 4.90 Å². The zero-order chi connectivity index (χ0) is 13.7. The molecule has 1 fully saturated rings. The predicted octanol–water partition coefficient (Wildman–Crippen LogP) is 2.18. The Labute approximate surface area is 114 Å². The third-order valence-electron chi connectivity index (χ3n) is 3.66. The van der Waals surface area contributed by atoms with Crippen LogP contribution in [0.3, 0.4) is 0 Å². The molecule has 0 unspecified atom stereocenters. The highest BCUT2D eigenvalue weighted by molar-refractivity contribution is 5.45. The lowest BCUT2D eigenvalue weighted by Crippen LogP contribution is -2.36. The molecule has 1 heterocycles. The summed E-state index contributed by atoms with van der Waals surface area (Å²) in [5, 5.41) is 9.09. The van der Waals surface area contributed by atoms with Crippen LogP contribution in [0.1, 0.15) is 24.0 Å². The molecule has 1 saturated heterocycles. The van der Waals surface area contributed by atoms with Crippen molar-refractivity contribution in [1.29, 1.82) is 5.26 Å². The smallest absolute Gasteiger partial charge is 0.136 e.